The van der Waals surface area contributed by atoms with E-state index in [9.17, 15) is 4.79 Å². The normalized spacial score (nSPS) is 22.7. The molecule has 0 aliphatic heterocycles. The van der Waals surface area contributed by atoms with Gasteiger partial charge in [-0.25, -0.2) is 0 Å². The molecule has 3 nitrogen and oxygen atoms in total. The summed E-state index contributed by atoms with van der Waals surface area (Å²) in [5.74, 6) is 2.26. The summed E-state index contributed by atoms with van der Waals surface area (Å²) < 4.78 is 5.36. The van der Waals surface area contributed by atoms with E-state index < -0.39 is 0 Å². The van der Waals surface area contributed by atoms with E-state index >= 15 is 0 Å². The molecule has 1 aromatic heterocycles. The van der Waals surface area contributed by atoms with Crippen LogP contribution in [0.2, 0.25) is 0 Å². The van der Waals surface area contributed by atoms with E-state index in [4.69, 9.17) is 4.74 Å². The molecule has 2 aliphatic rings. The molecule has 24 heavy (non-hydrogen) atoms. The highest BCUT2D eigenvalue weighted by Gasteiger charge is 2.63. The van der Waals surface area contributed by atoms with Crippen LogP contribution in [-0.2, 0) is 13.0 Å². The fourth-order valence-corrected chi connectivity index (χ4v) is 5.57. The number of hydrogen-bond donors (Lipinski definition) is 1. The molecule has 1 amide bonds. The lowest BCUT2D eigenvalue weighted by molar-refractivity contribution is 0.0953. The minimum atomic E-state index is 0.0503. The average Bonchev–Trinajstić information content (AvgIpc) is 2.92. The Morgan fingerprint density at radius 3 is 2.88 bits per heavy atom. The second-order valence-electron chi connectivity index (χ2n) is 7.48. The second-order valence-corrected chi connectivity index (χ2v) is 8.71. The summed E-state index contributed by atoms with van der Waals surface area (Å²) in [6, 6.07) is 7.81. The van der Waals surface area contributed by atoms with Gasteiger partial charge < -0.3 is 10.1 Å². The molecule has 0 radical (unpaired) electrons. The van der Waals surface area contributed by atoms with Crippen LogP contribution in [-0.4, -0.2) is 13.0 Å². The van der Waals surface area contributed by atoms with Crippen LogP contribution in [0.1, 0.15) is 51.0 Å². The summed E-state index contributed by atoms with van der Waals surface area (Å²) in [6.45, 7) is 7.36. The summed E-state index contributed by atoms with van der Waals surface area (Å²) in [5.41, 5.74) is 4.20. The number of nitrogens with one attached hydrogen (secondary N) is 1. The van der Waals surface area contributed by atoms with Crippen molar-refractivity contribution in [3.63, 3.8) is 0 Å². The highest BCUT2D eigenvalue weighted by atomic mass is 32.1. The minimum Gasteiger partial charge on any atom is -0.496 e. The van der Waals surface area contributed by atoms with Crippen molar-refractivity contribution in [1.29, 1.82) is 0 Å². The van der Waals surface area contributed by atoms with E-state index in [-0.39, 0.29) is 5.91 Å². The Labute approximate surface area is 147 Å². The molecule has 1 fully saturated rings. The zero-order valence-corrected chi connectivity index (χ0v) is 15.4. The first-order valence-corrected chi connectivity index (χ1v) is 9.29. The largest absolute Gasteiger partial charge is 0.496 e. The van der Waals surface area contributed by atoms with E-state index in [1.54, 1.807) is 18.4 Å². The zero-order chi connectivity index (χ0) is 17.1. The van der Waals surface area contributed by atoms with Gasteiger partial charge in [-0.3, -0.25) is 4.79 Å². The van der Waals surface area contributed by atoms with Gasteiger partial charge in [0.15, 0.2) is 0 Å². The fourth-order valence-electron chi connectivity index (χ4n) is 4.42. The Balaban J connectivity index is 1.53. The number of hydrogen-bond acceptors (Lipinski definition) is 3. The number of thiophene rings is 1. The fraction of sp³-hybridized carbons (Fsp3) is 0.450. The van der Waals surface area contributed by atoms with Gasteiger partial charge in [0.1, 0.15) is 5.75 Å². The first kappa shape index (κ1) is 15.7. The summed E-state index contributed by atoms with van der Waals surface area (Å²) in [4.78, 5) is 15.0. The number of para-hydroxylation sites is 1. The van der Waals surface area contributed by atoms with Crippen LogP contribution >= 0.6 is 11.3 Å². The predicted octanol–water partition coefficient (Wildman–Crippen LogP) is 4.29. The topological polar surface area (TPSA) is 38.3 Å². The molecule has 4 heteroatoms. The maximum atomic E-state index is 12.7. The summed E-state index contributed by atoms with van der Waals surface area (Å²) in [7, 11) is 1.66. The second kappa shape index (κ2) is 5.35. The van der Waals surface area contributed by atoms with Gasteiger partial charge in [-0.05, 0) is 47.8 Å². The number of fused-ring (bicyclic) bond motifs is 3. The first-order valence-electron chi connectivity index (χ1n) is 8.47. The number of rotatable bonds is 4. The van der Waals surface area contributed by atoms with Crippen LogP contribution in [0.4, 0.5) is 0 Å². The Morgan fingerprint density at radius 1 is 1.38 bits per heavy atom. The molecule has 0 bridgehead atoms. The molecule has 1 N–H and O–H groups in total. The quantitative estimate of drug-likeness (QED) is 0.901. The van der Waals surface area contributed by atoms with E-state index in [1.165, 1.54) is 16.0 Å². The van der Waals surface area contributed by atoms with Gasteiger partial charge in [0.25, 0.3) is 5.91 Å². The third-order valence-corrected chi connectivity index (χ3v) is 7.02. The molecule has 2 aromatic rings. The average molecular weight is 341 g/mol. The molecule has 1 saturated carbocycles. The van der Waals surface area contributed by atoms with Crippen LogP contribution in [0.3, 0.4) is 0 Å². The smallest absolute Gasteiger partial charge is 0.261 e. The SMILES string of the molecule is COc1ccccc1CNC(=O)c1sc(C)c2c1C[C@H]1[C@@H]2C1(C)C. The van der Waals surface area contributed by atoms with Crippen LogP contribution < -0.4 is 10.1 Å². The van der Waals surface area contributed by atoms with Crippen molar-refractivity contribution in [1.82, 2.24) is 5.32 Å². The van der Waals surface area contributed by atoms with E-state index in [0.29, 0.717) is 17.9 Å². The Hall–Kier alpha value is -1.81. The molecule has 0 unspecified atom stereocenters. The molecule has 126 valence electrons. The van der Waals surface area contributed by atoms with E-state index in [0.717, 1.165) is 28.5 Å². The molecule has 1 aromatic carbocycles. The molecule has 4 rings (SSSR count). The van der Waals surface area contributed by atoms with Gasteiger partial charge in [0.2, 0.25) is 0 Å². The molecule has 2 atom stereocenters. The first-order chi connectivity index (χ1) is 11.4. The Kier molecular flexibility index (Phi) is 3.50. The van der Waals surface area contributed by atoms with Gasteiger partial charge in [-0.2, -0.15) is 0 Å². The van der Waals surface area contributed by atoms with Crippen LogP contribution in [0.15, 0.2) is 24.3 Å². The van der Waals surface area contributed by atoms with Gasteiger partial charge in [0.05, 0.1) is 12.0 Å². The minimum absolute atomic E-state index is 0.0503. The standard InChI is InChI=1S/C20H23NO2S/c1-11-16-13(9-14-17(16)20(14,2)3)18(24-11)19(22)21-10-12-7-5-6-8-15(12)23-4/h5-8,14,17H,9-10H2,1-4H3,(H,21,22)/t14-,17-/m0/s1. The molecular weight excluding hydrogens is 318 g/mol. The van der Waals surface area contributed by atoms with Crippen molar-refractivity contribution in [2.24, 2.45) is 11.3 Å². The zero-order valence-electron chi connectivity index (χ0n) is 14.6. The summed E-state index contributed by atoms with van der Waals surface area (Å²) in [5, 5.41) is 3.07. The number of amides is 1. The third-order valence-electron chi connectivity index (χ3n) is 5.86. The van der Waals surface area contributed by atoms with E-state index in [2.05, 4.69) is 26.1 Å². The third kappa shape index (κ3) is 2.20. The predicted molar refractivity (Wildman–Crippen MR) is 96.9 cm³/mol. The van der Waals surface area contributed by atoms with Crippen molar-refractivity contribution >= 4 is 17.2 Å². The van der Waals surface area contributed by atoms with Crippen molar-refractivity contribution in [2.75, 3.05) is 7.11 Å². The highest BCUT2D eigenvalue weighted by molar-refractivity contribution is 7.14. The van der Waals surface area contributed by atoms with Gasteiger partial charge in [-0.1, -0.05) is 32.0 Å². The van der Waals surface area contributed by atoms with E-state index in [1.807, 2.05) is 24.3 Å². The maximum absolute atomic E-state index is 12.7. The van der Waals surface area contributed by atoms with Gasteiger partial charge in [-0.15, -0.1) is 11.3 Å². The molecule has 0 saturated heterocycles. The number of benzene rings is 1. The number of methoxy groups -OCH3 is 1. The van der Waals surface area contributed by atoms with Crippen molar-refractivity contribution in [3.05, 3.63) is 50.7 Å². The van der Waals surface area contributed by atoms with Crippen molar-refractivity contribution in [3.8, 4) is 5.75 Å². The van der Waals surface area contributed by atoms with Gasteiger partial charge >= 0.3 is 0 Å². The van der Waals surface area contributed by atoms with Gasteiger partial charge in [0, 0.05) is 17.0 Å². The molecular formula is C20H23NO2S. The Morgan fingerprint density at radius 2 is 2.12 bits per heavy atom. The lowest BCUT2D eigenvalue weighted by Crippen LogP contribution is -2.23. The Bertz CT molecular complexity index is 821. The highest BCUT2D eigenvalue weighted by Crippen LogP contribution is 2.71. The molecule has 2 aliphatic carbocycles. The number of carbonyl (C=O) groups is 1. The molecule has 1 heterocycles. The lowest BCUT2D eigenvalue weighted by atomic mass is 9.95. The van der Waals surface area contributed by atoms with Crippen LogP contribution in [0, 0.1) is 18.3 Å². The maximum Gasteiger partial charge on any atom is 0.261 e. The summed E-state index contributed by atoms with van der Waals surface area (Å²) >= 11 is 1.66. The van der Waals surface area contributed by atoms with Crippen molar-refractivity contribution < 1.29 is 9.53 Å². The van der Waals surface area contributed by atoms with Crippen LogP contribution in [0.25, 0.3) is 0 Å². The van der Waals surface area contributed by atoms with Crippen molar-refractivity contribution in [2.45, 2.75) is 39.7 Å². The monoisotopic (exact) mass is 341 g/mol. The lowest BCUT2D eigenvalue weighted by Gasteiger charge is -2.11. The summed E-state index contributed by atoms with van der Waals surface area (Å²) in [6.07, 6.45) is 1.06. The number of aryl methyl sites for hydroxylation is 1. The number of ether oxygens (including phenoxy) is 1. The number of carbonyl (C=O) groups excluding carboxylic acids is 1. The van der Waals surface area contributed by atoms with Crippen LogP contribution in [0.5, 0.6) is 5.75 Å². The molecule has 0 spiro atoms.